The van der Waals surface area contributed by atoms with Gasteiger partial charge in [-0.3, -0.25) is 9.59 Å². The molecular formula is C22H21N3O2. The second-order valence-corrected chi connectivity index (χ2v) is 7.28. The Labute approximate surface area is 157 Å². The van der Waals surface area contributed by atoms with Crippen LogP contribution in [0.3, 0.4) is 0 Å². The van der Waals surface area contributed by atoms with E-state index in [0.717, 1.165) is 34.1 Å². The summed E-state index contributed by atoms with van der Waals surface area (Å²) < 4.78 is 0. The van der Waals surface area contributed by atoms with Crippen molar-refractivity contribution < 1.29 is 9.59 Å². The van der Waals surface area contributed by atoms with Crippen molar-refractivity contribution >= 4 is 22.7 Å². The van der Waals surface area contributed by atoms with Crippen LogP contribution >= 0.6 is 0 Å². The third-order valence-electron chi connectivity index (χ3n) is 5.70. The number of aromatic nitrogens is 1. The predicted molar refractivity (Wildman–Crippen MR) is 104 cm³/mol. The maximum Gasteiger partial charge on any atom is 0.255 e. The van der Waals surface area contributed by atoms with E-state index in [0.29, 0.717) is 18.5 Å². The Morgan fingerprint density at radius 2 is 1.96 bits per heavy atom. The fourth-order valence-corrected chi connectivity index (χ4v) is 4.50. The number of hydrogen-bond donors (Lipinski definition) is 2. The van der Waals surface area contributed by atoms with Gasteiger partial charge in [-0.25, -0.2) is 0 Å². The van der Waals surface area contributed by atoms with Gasteiger partial charge in [-0.1, -0.05) is 43.3 Å². The summed E-state index contributed by atoms with van der Waals surface area (Å²) in [7, 11) is 0. The molecule has 0 spiro atoms. The predicted octanol–water partition coefficient (Wildman–Crippen LogP) is 3.16. The fourth-order valence-electron chi connectivity index (χ4n) is 4.50. The van der Waals surface area contributed by atoms with E-state index in [9.17, 15) is 9.59 Å². The number of hydrogen-bond acceptors (Lipinski definition) is 2. The smallest absolute Gasteiger partial charge is 0.255 e. The van der Waals surface area contributed by atoms with Crippen molar-refractivity contribution in [3.8, 4) is 0 Å². The van der Waals surface area contributed by atoms with Gasteiger partial charge in [0, 0.05) is 35.1 Å². The number of nitrogens with one attached hydrogen (secondary N) is 2. The Bertz CT molecular complexity index is 1070. The lowest BCUT2D eigenvalue weighted by Gasteiger charge is -2.37. The third-order valence-corrected chi connectivity index (χ3v) is 5.70. The minimum absolute atomic E-state index is 0.0587. The summed E-state index contributed by atoms with van der Waals surface area (Å²) in [6.45, 7) is 2.65. The number of aromatic amines is 1. The number of amides is 2. The van der Waals surface area contributed by atoms with Crippen LogP contribution < -0.4 is 5.32 Å². The lowest BCUT2D eigenvalue weighted by Crippen LogP contribution is -2.52. The zero-order valence-electron chi connectivity index (χ0n) is 15.2. The molecule has 27 heavy (non-hydrogen) atoms. The molecule has 0 radical (unpaired) electrons. The standard InChI is InChI=1S/C22H21N3O2/c1-2-11-23-21(26)18-12-16-13-7-5-6-10-17(13)24-19(16)20-14-8-3-4-9-15(14)22(27)25(18)20/h3-10,18,20,24H,2,11-12H2,1H3,(H,23,26)/t18-,20-/m0/s1. The van der Waals surface area contributed by atoms with Crippen LogP contribution in [0, 0.1) is 0 Å². The Balaban J connectivity index is 1.71. The minimum atomic E-state index is -0.492. The monoisotopic (exact) mass is 359 g/mol. The van der Waals surface area contributed by atoms with Gasteiger partial charge in [0.15, 0.2) is 0 Å². The number of rotatable bonds is 3. The lowest BCUT2D eigenvalue weighted by molar-refractivity contribution is -0.126. The summed E-state index contributed by atoms with van der Waals surface area (Å²) in [5, 5.41) is 4.13. The summed E-state index contributed by atoms with van der Waals surface area (Å²) in [5.41, 5.74) is 4.90. The topological polar surface area (TPSA) is 65.2 Å². The Morgan fingerprint density at radius 3 is 2.81 bits per heavy atom. The summed E-state index contributed by atoms with van der Waals surface area (Å²) in [6.07, 6.45) is 1.40. The molecule has 5 nitrogen and oxygen atoms in total. The summed E-state index contributed by atoms with van der Waals surface area (Å²) in [6, 6.07) is 15.1. The maximum atomic E-state index is 13.2. The number of benzene rings is 2. The van der Waals surface area contributed by atoms with E-state index < -0.39 is 6.04 Å². The van der Waals surface area contributed by atoms with Gasteiger partial charge in [0.2, 0.25) is 5.91 Å². The van der Waals surface area contributed by atoms with Crippen molar-refractivity contribution in [1.82, 2.24) is 15.2 Å². The number of nitrogens with zero attached hydrogens (tertiary/aromatic N) is 1. The van der Waals surface area contributed by atoms with Crippen LogP contribution in [0.5, 0.6) is 0 Å². The first-order chi connectivity index (χ1) is 13.2. The Hall–Kier alpha value is -3.08. The van der Waals surface area contributed by atoms with Crippen molar-refractivity contribution in [2.75, 3.05) is 6.54 Å². The van der Waals surface area contributed by atoms with Crippen LogP contribution in [0.25, 0.3) is 10.9 Å². The molecule has 2 amide bonds. The van der Waals surface area contributed by atoms with Gasteiger partial charge in [-0.2, -0.15) is 0 Å². The van der Waals surface area contributed by atoms with E-state index in [1.165, 1.54) is 0 Å². The first-order valence-corrected chi connectivity index (χ1v) is 9.49. The van der Waals surface area contributed by atoms with Gasteiger partial charge in [-0.05, 0) is 29.7 Å². The van der Waals surface area contributed by atoms with Gasteiger partial charge in [0.05, 0.1) is 6.04 Å². The summed E-state index contributed by atoms with van der Waals surface area (Å²) >= 11 is 0. The second kappa shape index (κ2) is 5.98. The zero-order chi connectivity index (χ0) is 18.5. The van der Waals surface area contributed by atoms with E-state index in [1.54, 1.807) is 4.90 Å². The molecule has 2 N–H and O–H groups in total. The van der Waals surface area contributed by atoms with Crippen LogP contribution in [0.1, 0.15) is 46.6 Å². The summed E-state index contributed by atoms with van der Waals surface area (Å²) in [5.74, 6) is -0.129. The lowest BCUT2D eigenvalue weighted by atomic mass is 9.90. The van der Waals surface area contributed by atoms with Gasteiger partial charge in [0.1, 0.15) is 6.04 Å². The molecule has 0 unspecified atom stereocenters. The Morgan fingerprint density at radius 1 is 1.19 bits per heavy atom. The normalized spacial score (nSPS) is 20.3. The molecule has 0 fully saturated rings. The molecular weight excluding hydrogens is 338 g/mol. The van der Waals surface area contributed by atoms with Gasteiger partial charge >= 0.3 is 0 Å². The van der Waals surface area contributed by atoms with E-state index in [1.807, 2.05) is 49.4 Å². The Kier molecular flexibility index (Phi) is 3.57. The second-order valence-electron chi connectivity index (χ2n) is 7.28. The van der Waals surface area contributed by atoms with Crippen molar-refractivity contribution in [2.24, 2.45) is 0 Å². The molecule has 3 aromatic rings. The number of para-hydroxylation sites is 1. The number of carbonyl (C=O) groups is 2. The first-order valence-electron chi connectivity index (χ1n) is 9.49. The van der Waals surface area contributed by atoms with Crippen molar-refractivity contribution in [2.45, 2.75) is 31.8 Å². The van der Waals surface area contributed by atoms with Crippen LogP contribution in [0.4, 0.5) is 0 Å². The molecule has 136 valence electrons. The van der Waals surface area contributed by atoms with Crippen LogP contribution in [-0.4, -0.2) is 34.3 Å². The molecule has 2 atom stereocenters. The number of H-pyrrole nitrogens is 1. The molecule has 0 saturated heterocycles. The average Bonchev–Trinajstić information content (AvgIpc) is 3.22. The quantitative estimate of drug-likeness (QED) is 0.754. The highest BCUT2D eigenvalue weighted by atomic mass is 16.2. The molecule has 0 bridgehead atoms. The van der Waals surface area contributed by atoms with Crippen LogP contribution in [0.2, 0.25) is 0 Å². The molecule has 0 aliphatic carbocycles. The fraction of sp³-hybridized carbons (Fsp3) is 0.273. The number of fused-ring (bicyclic) bond motifs is 7. The highest BCUT2D eigenvalue weighted by Gasteiger charge is 2.48. The van der Waals surface area contributed by atoms with Crippen molar-refractivity contribution in [1.29, 1.82) is 0 Å². The highest BCUT2D eigenvalue weighted by molar-refractivity contribution is 6.03. The molecule has 3 heterocycles. The molecule has 1 aromatic heterocycles. The minimum Gasteiger partial charge on any atom is -0.356 e. The molecule has 5 rings (SSSR count). The highest BCUT2D eigenvalue weighted by Crippen LogP contribution is 2.46. The third kappa shape index (κ3) is 2.24. The molecule has 2 aromatic carbocycles. The van der Waals surface area contributed by atoms with Crippen molar-refractivity contribution in [3.05, 3.63) is 70.9 Å². The van der Waals surface area contributed by atoms with Gasteiger partial charge in [-0.15, -0.1) is 0 Å². The van der Waals surface area contributed by atoms with Gasteiger partial charge < -0.3 is 15.2 Å². The number of carbonyl (C=O) groups excluding carboxylic acids is 2. The maximum absolute atomic E-state index is 13.2. The van der Waals surface area contributed by atoms with Crippen LogP contribution in [-0.2, 0) is 11.2 Å². The molecule has 0 saturated carbocycles. The van der Waals surface area contributed by atoms with E-state index >= 15 is 0 Å². The zero-order valence-corrected chi connectivity index (χ0v) is 15.2. The SMILES string of the molecule is CCCNC(=O)[C@@H]1Cc2c([nH]c3ccccc23)[C@@H]2c3ccccc3C(=O)N21. The average molecular weight is 359 g/mol. The molecule has 2 aliphatic rings. The van der Waals surface area contributed by atoms with Gasteiger partial charge in [0.25, 0.3) is 5.91 Å². The van der Waals surface area contributed by atoms with E-state index in [4.69, 9.17) is 0 Å². The van der Waals surface area contributed by atoms with Crippen LogP contribution in [0.15, 0.2) is 48.5 Å². The summed E-state index contributed by atoms with van der Waals surface area (Å²) in [4.78, 5) is 31.4. The molecule has 2 aliphatic heterocycles. The molecule has 5 heteroatoms. The van der Waals surface area contributed by atoms with E-state index in [2.05, 4.69) is 16.4 Å². The first kappa shape index (κ1) is 16.1. The van der Waals surface area contributed by atoms with E-state index in [-0.39, 0.29) is 17.9 Å². The van der Waals surface area contributed by atoms with Crippen molar-refractivity contribution in [3.63, 3.8) is 0 Å². The largest absolute Gasteiger partial charge is 0.356 e.